The molecular formula is C50H73NO11. The molecule has 0 amide bonds. The monoisotopic (exact) mass is 864 g/mol. The lowest BCUT2D eigenvalue weighted by Crippen LogP contribution is -2.81. The van der Waals surface area contributed by atoms with Crippen molar-refractivity contribution >= 4 is 11.9 Å². The first-order chi connectivity index (χ1) is 30.0. The minimum atomic E-state index is -1.85. The van der Waals surface area contributed by atoms with Crippen molar-refractivity contribution in [2.75, 3.05) is 48.1 Å². The van der Waals surface area contributed by atoms with Crippen molar-refractivity contribution in [1.29, 1.82) is 0 Å². The fourth-order valence-corrected chi connectivity index (χ4v) is 14.2. The Morgan fingerprint density at radius 1 is 0.839 bits per heavy atom. The number of carbonyl (C=O) groups is 2. The number of hydrogen-bond donors (Lipinski definition) is 3. The molecule has 1 aromatic rings. The number of aliphatic hydroxyl groups is 3. The molecule has 12 heteroatoms. The molecule has 5 aliphatic carbocycles. The van der Waals surface area contributed by atoms with Gasteiger partial charge in [-0.2, -0.15) is 0 Å². The highest BCUT2D eigenvalue weighted by Gasteiger charge is 2.92. The number of fused-ring (bicyclic) bond motifs is 2. The third-order valence-corrected chi connectivity index (χ3v) is 16.2. The maximum Gasteiger partial charge on any atom is 0.338 e. The van der Waals surface area contributed by atoms with Crippen LogP contribution in [-0.4, -0.2) is 134 Å². The Hall–Kier alpha value is -2.94. The van der Waals surface area contributed by atoms with Crippen LogP contribution in [0.3, 0.4) is 0 Å². The summed E-state index contributed by atoms with van der Waals surface area (Å²) < 4.78 is 38.7. The molecule has 62 heavy (non-hydrogen) atoms. The number of unbranched alkanes of at least 4 members (excludes halogenated alkanes) is 5. The molecule has 7 bridgehead atoms. The third kappa shape index (κ3) is 7.46. The summed E-state index contributed by atoms with van der Waals surface area (Å²) in [6.07, 6.45) is 16.3. The number of carbonyl (C=O) groups excluding carboxylic acids is 2. The molecular weight excluding hydrogens is 791 g/mol. The van der Waals surface area contributed by atoms with Gasteiger partial charge in [-0.25, -0.2) is 4.79 Å². The number of piperidine rings is 1. The van der Waals surface area contributed by atoms with Crippen molar-refractivity contribution < 1.29 is 53.3 Å². The normalized spacial score (nSPS) is 40.5. The van der Waals surface area contributed by atoms with Crippen molar-refractivity contribution in [3.63, 3.8) is 0 Å². The lowest BCUT2D eigenvalue weighted by Gasteiger charge is -2.70. The number of methoxy groups -OCH3 is 4. The van der Waals surface area contributed by atoms with E-state index in [4.69, 9.17) is 28.4 Å². The van der Waals surface area contributed by atoms with Gasteiger partial charge in [-0.15, -0.1) is 0 Å². The van der Waals surface area contributed by atoms with E-state index in [9.17, 15) is 24.9 Å². The van der Waals surface area contributed by atoms with E-state index in [0.29, 0.717) is 31.5 Å². The molecule has 3 N–H and O–H groups in total. The van der Waals surface area contributed by atoms with Crippen LogP contribution >= 0.6 is 0 Å². The molecule has 0 radical (unpaired) electrons. The zero-order valence-corrected chi connectivity index (χ0v) is 37.9. The Balaban J connectivity index is 1.20. The molecule has 344 valence electrons. The Kier molecular flexibility index (Phi) is 14.9. The minimum Gasteiger partial charge on any atom is -0.455 e. The lowest BCUT2D eigenvalue weighted by atomic mass is 9.42. The molecule has 0 aromatic heterocycles. The Bertz CT molecular complexity index is 1770. The van der Waals surface area contributed by atoms with Gasteiger partial charge in [0, 0.05) is 82.5 Å². The van der Waals surface area contributed by atoms with Gasteiger partial charge in [-0.3, -0.25) is 9.69 Å². The topological polar surface area (TPSA) is 153 Å². The van der Waals surface area contributed by atoms with E-state index in [1.807, 2.05) is 6.07 Å². The molecule has 6 aliphatic rings. The summed E-state index contributed by atoms with van der Waals surface area (Å²) >= 11 is 0. The maximum atomic E-state index is 14.6. The van der Waals surface area contributed by atoms with E-state index in [-0.39, 0.29) is 25.5 Å². The third-order valence-electron chi connectivity index (χ3n) is 16.2. The highest BCUT2D eigenvalue weighted by molar-refractivity contribution is 5.89. The van der Waals surface area contributed by atoms with Crippen LogP contribution in [0.5, 0.6) is 0 Å². The van der Waals surface area contributed by atoms with E-state index in [1.54, 1.807) is 45.6 Å². The predicted molar refractivity (Wildman–Crippen MR) is 234 cm³/mol. The van der Waals surface area contributed by atoms with Gasteiger partial charge in [0.15, 0.2) is 5.60 Å². The lowest BCUT2D eigenvalue weighted by molar-refractivity contribution is -0.323. The smallest absolute Gasteiger partial charge is 0.338 e. The van der Waals surface area contributed by atoms with Crippen LogP contribution in [0.25, 0.3) is 0 Å². The number of esters is 2. The Morgan fingerprint density at radius 3 is 2.19 bits per heavy atom. The zero-order valence-electron chi connectivity index (χ0n) is 37.9. The first kappa shape index (κ1) is 47.0. The van der Waals surface area contributed by atoms with Crippen molar-refractivity contribution in [3.05, 3.63) is 72.4 Å². The molecule has 15 atom stereocenters. The Morgan fingerprint density at radius 2 is 1.53 bits per heavy atom. The summed E-state index contributed by atoms with van der Waals surface area (Å²) in [7, 11) is 6.39. The van der Waals surface area contributed by atoms with Crippen LogP contribution in [0.4, 0.5) is 0 Å². The van der Waals surface area contributed by atoms with Gasteiger partial charge in [0.25, 0.3) is 0 Å². The van der Waals surface area contributed by atoms with E-state index < -0.39 is 94.3 Å². The summed E-state index contributed by atoms with van der Waals surface area (Å²) in [5, 5.41) is 38.4. The van der Waals surface area contributed by atoms with Crippen LogP contribution < -0.4 is 0 Å². The second-order valence-corrected chi connectivity index (χ2v) is 18.9. The van der Waals surface area contributed by atoms with Gasteiger partial charge in [0.05, 0.1) is 30.5 Å². The van der Waals surface area contributed by atoms with Crippen molar-refractivity contribution in [3.8, 4) is 0 Å². The molecule has 0 unspecified atom stereocenters. The molecule has 7 rings (SSSR count). The molecule has 1 aromatic carbocycles. The van der Waals surface area contributed by atoms with Gasteiger partial charge < -0.3 is 43.7 Å². The van der Waals surface area contributed by atoms with E-state index in [1.165, 1.54) is 7.11 Å². The zero-order chi connectivity index (χ0) is 44.3. The fraction of sp³-hybridized carbons (Fsp3) is 0.720. The average molecular weight is 864 g/mol. The van der Waals surface area contributed by atoms with Crippen molar-refractivity contribution in [2.45, 2.75) is 145 Å². The van der Waals surface area contributed by atoms with Crippen LogP contribution in [0.15, 0.2) is 66.8 Å². The summed E-state index contributed by atoms with van der Waals surface area (Å²) in [6.45, 7) is 5.54. The summed E-state index contributed by atoms with van der Waals surface area (Å²) in [5.41, 5.74) is -4.88. The van der Waals surface area contributed by atoms with Crippen molar-refractivity contribution in [2.24, 2.45) is 34.5 Å². The summed E-state index contributed by atoms with van der Waals surface area (Å²) in [5.74, 6) is -3.55. The minimum absolute atomic E-state index is 0.0779. The largest absolute Gasteiger partial charge is 0.455 e. The fourth-order valence-electron chi connectivity index (χ4n) is 14.2. The molecule has 6 fully saturated rings. The number of hydrogen-bond acceptors (Lipinski definition) is 12. The second-order valence-electron chi connectivity index (χ2n) is 18.9. The van der Waals surface area contributed by atoms with Gasteiger partial charge in [0.1, 0.15) is 23.9 Å². The number of aliphatic hydroxyl groups excluding tert-OH is 2. The van der Waals surface area contributed by atoms with Crippen LogP contribution in [0.1, 0.15) is 101 Å². The van der Waals surface area contributed by atoms with Gasteiger partial charge in [-0.1, -0.05) is 87.8 Å². The maximum absolute atomic E-state index is 14.6. The SMILES string of the molecule is CCC=CCC=CCC=CCCCCCCCC(=O)O[C@]12[C@H]3[C@@H](OC(=O)c4ccccc4)[C@](O)(C[C@H]3[C@@]34[C@@H](OC)C[C@@H](O)[C@@]5(COC)CN(CC)[C@@H]3[C@@H]1[C@H](OC)[C@H]54)[C@@H](OC)[C@@H]2O. The van der Waals surface area contributed by atoms with Crippen LogP contribution in [0.2, 0.25) is 0 Å². The number of nitrogens with zero attached hydrogens (tertiary/aromatic N) is 1. The molecule has 1 spiro atoms. The Labute approximate surface area is 369 Å². The number of ether oxygens (including phenoxy) is 6. The van der Waals surface area contributed by atoms with E-state index >= 15 is 0 Å². The molecule has 12 nitrogen and oxygen atoms in total. The molecule has 1 heterocycles. The van der Waals surface area contributed by atoms with Crippen LogP contribution in [0, 0.1) is 34.5 Å². The second kappa shape index (κ2) is 19.7. The van der Waals surface area contributed by atoms with E-state index in [0.717, 1.165) is 51.4 Å². The number of benzene rings is 1. The number of rotatable bonds is 22. The first-order valence-corrected chi connectivity index (χ1v) is 23.4. The summed E-state index contributed by atoms with van der Waals surface area (Å²) in [6, 6.07) is 8.28. The highest BCUT2D eigenvalue weighted by Crippen LogP contribution is 2.80. The molecule has 1 aliphatic heterocycles. The quantitative estimate of drug-likeness (QED) is 0.0690. The summed E-state index contributed by atoms with van der Waals surface area (Å²) in [4.78, 5) is 31.0. The van der Waals surface area contributed by atoms with Gasteiger partial charge >= 0.3 is 11.9 Å². The van der Waals surface area contributed by atoms with Crippen molar-refractivity contribution in [1.82, 2.24) is 4.90 Å². The predicted octanol–water partition coefficient (Wildman–Crippen LogP) is 6.22. The molecule has 1 saturated heterocycles. The average Bonchev–Trinajstić information content (AvgIpc) is 3.65. The van der Waals surface area contributed by atoms with Gasteiger partial charge in [0.2, 0.25) is 0 Å². The number of likely N-dealkylation sites (tertiary alicyclic amines) is 1. The standard InChI is InChI=1S/C50H73NO11/c1-7-9-10-11-12-13-14-15-16-17-18-19-20-21-25-28-37(53)62-50-38-34(30-48(56,45(60-6)43(50)54)44(38)61-46(55)33-26-23-22-24-27-33)49-36(58-4)29-35(52)47(32-57-3)31-51(8-2)42(49)39(50)40(59-5)41(47)49/h9-10,12-13,15-16,22-24,26-27,34-36,38-45,52,54,56H,7-8,11,14,17-21,25,28-32H2,1-6H3/t34-,35-,36+,38-,39+,40+,41-,42-,43+,44-,45+,47+,48-,49+,50-/m1/s1. The first-order valence-electron chi connectivity index (χ1n) is 23.4. The van der Waals surface area contributed by atoms with Gasteiger partial charge in [-0.05, 0) is 69.5 Å². The highest BCUT2D eigenvalue weighted by atomic mass is 16.6. The number of allylic oxidation sites excluding steroid dienone is 6. The van der Waals surface area contributed by atoms with Crippen LogP contribution in [-0.2, 0) is 33.2 Å². The molecule has 5 saturated carbocycles. The van der Waals surface area contributed by atoms with E-state index in [2.05, 4.69) is 55.2 Å².